The Hall–Kier alpha value is -2.51. The quantitative estimate of drug-likeness (QED) is 0.828. The lowest BCUT2D eigenvalue weighted by molar-refractivity contribution is -0.137. The molecule has 2 aliphatic rings. The van der Waals surface area contributed by atoms with E-state index in [0.717, 1.165) is 25.0 Å². The maximum absolute atomic E-state index is 13.2. The smallest absolute Gasteiger partial charge is 0.378 e. The highest BCUT2D eigenvalue weighted by Gasteiger charge is 2.38. The lowest BCUT2D eigenvalue weighted by Crippen LogP contribution is -2.45. The van der Waals surface area contributed by atoms with Crippen LogP contribution in [-0.2, 0) is 17.5 Å². The molecule has 2 fully saturated rings. The van der Waals surface area contributed by atoms with Gasteiger partial charge in [0, 0.05) is 12.1 Å². The van der Waals surface area contributed by atoms with Crippen molar-refractivity contribution in [2.45, 2.75) is 37.6 Å². The minimum absolute atomic E-state index is 0.178. The summed E-state index contributed by atoms with van der Waals surface area (Å²) in [5, 5.41) is 20.4. The predicted molar refractivity (Wildman–Crippen MR) is 82.0 cm³/mol. The van der Waals surface area contributed by atoms with Crippen molar-refractivity contribution in [1.29, 1.82) is 5.26 Å². The molecule has 1 aromatic carbocycles. The van der Waals surface area contributed by atoms with E-state index >= 15 is 0 Å². The molecule has 0 spiro atoms. The van der Waals surface area contributed by atoms with Crippen LogP contribution in [0.15, 0.2) is 18.2 Å². The number of benzene rings is 1. The fourth-order valence-corrected chi connectivity index (χ4v) is 3.64. The van der Waals surface area contributed by atoms with Crippen LogP contribution in [0.2, 0.25) is 0 Å². The van der Waals surface area contributed by atoms with Gasteiger partial charge in [-0.05, 0) is 41.5 Å². The monoisotopic (exact) mass is 364 g/mol. The van der Waals surface area contributed by atoms with Crippen molar-refractivity contribution in [2.24, 2.45) is 0 Å². The van der Waals surface area contributed by atoms with Crippen molar-refractivity contribution in [2.75, 3.05) is 13.2 Å². The number of aromatic nitrogens is 4. The lowest BCUT2D eigenvalue weighted by atomic mass is 10.1. The van der Waals surface area contributed by atoms with Gasteiger partial charge in [0.1, 0.15) is 0 Å². The summed E-state index contributed by atoms with van der Waals surface area (Å²) in [6.07, 6.45) is -2.57. The SMILES string of the molecule is N#Cc1ccc(-n2nnnc2CN2[C@@H]3CC[C@H]2COC3)cc1C(F)(F)F. The molecule has 2 bridgehead atoms. The van der Waals surface area contributed by atoms with Gasteiger partial charge >= 0.3 is 6.18 Å². The summed E-state index contributed by atoms with van der Waals surface area (Å²) in [4.78, 5) is 2.25. The third kappa shape index (κ3) is 2.93. The van der Waals surface area contributed by atoms with Crippen molar-refractivity contribution in [3.05, 3.63) is 35.2 Å². The average molecular weight is 364 g/mol. The van der Waals surface area contributed by atoms with Gasteiger partial charge in [-0.1, -0.05) is 0 Å². The third-order valence-corrected chi connectivity index (χ3v) is 4.92. The van der Waals surface area contributed by atoms with Crippen molar-refractivity contribution < 1.29 is 17.9 Å². The van der Waals surface area contributed by atoms with Crippen LogP contribution in [0.1, 0.15) is 29.8 Å². The number of hydrogen-bond acceptors (Lipinski definition) is 6. The number of morpholine rings is 1. The number of halogens is 3. The Kier molecular flexibility index (Phi) is 4.13. The van der Waals surface area contributed by atoms with Crippen LogP contribution in [0.4, 0.5) is 13.2 Å². The van der Waals surface area contributed by atoms with E-state index in [2.05, 4.69) is 20.4 Å². The van der Waals surface area contributed by atoms with Crippen LogP contribution in [0.5, 0.6) is 0 Å². The van der Waals surface area contributed by atoms with E-state index in [0.29, 0.717) is 25.6 Å². The summed E-state index contributed by atoms with van der Waals surface area (Å²) >= 11 is 0. The number of tetrazole rings is 1. The topological polar surface area (TPSA) is 79.9 Å². The van der Waals surface area contributed by atoms with Crippen molar-refractivity contribution in [3.8, 4) is 11.8 Å². The fourth-order valence-electron chi connectivity index (χ4n) is 3.64. The summed E-state index contributed by atoms with van der Waals surface area (Å²) in [5.74, 6) is 0.460. The molecule has 136 valence electrons. The zero-order chi connectivity index (χ0) is 18.3. The molecule has 7 nitrogen and oxygen atoms in total. The molecule has 0 aliphatic carbocycles. The molecule has 2 atom stereocenters. The molecule has 0 amide bonds. The van der Waals surface area contributed by atoms with E-state index < -0.39 is 17.3 Å². The number of rotatable bonds is 3. The van der Waals surface area contributed by atoms with Crippen LogP contribution in [0, 0.1) is 11.3 Å². The van der Waals surface area contributed by atoms with Crippen LogP contribution >= 0.6 is 0 Å². The number of nitrogens with zero attached hydrogens (tertiary/aromatic N) is 6. The highest BCUT2D eigenvalue weighted by molar-refractivity contribution is 5.47. The first-order valence-electron chi connectivity index (χ1n) is 8.20. The minimum atomic E-state index is -4.63. The van der Waals surface area contributed by atoms with Crippen molar-refractivity contribution in [3.63, 3.8) is 0 Å². The average Bonchev–Trinajstić information content (AvgIpc) is 3.15. The highest BCUT2D eigenvalue weighted by atomic mass is 19.4. The standard InChI is InChI=1S/C16H15F3N6O/c17-16(18,19)14-5-11(2-1-10(14)6-20)25-15(21-22-23-25)7-24-12-3-4-13(24)9-26-8-12/h1-2,5,12-13H,3-4,7-9H2/t12-,13+. The molecule has 0 radical (unpaired) electrons. The van der Waals surface area contributed by atoms with Gasteiger partial charge in [0.15, 0.2) is 5.82 Å². The predicted octanol–water partition coefficient (Wildman–Crippen LogP) is 1.92. The van der Waals surface area contributed by atoms with Gasteiger partial charge < -0.3 is 4.74 Å². The molecular weight excluding hydrogens is 349 g/mol. The molecule has 3 heterocycles. The Morgan fingerprint density at radius 3 is 2.62 bits per heavy atom. The Labute approximate surface area is 147 Å². The van der Waals surface area contributed by atoms with Crippen molar-refractivity contribution >= 4 is 0 Å². The molecule has 0 N–H and O–H groups in total. The molecule has 2 saturated heterocycles. The molecule has 4 rings (SSSR count). The second-order valence-corrected chi connectivity index (χ2v) is 6.44. The van der Waals surface area contributed by atoms with E-state index in [-0.39, 0.29) is 17.8 Å². The summed E-state index contributed by atoms with van der Waals surface area (Å²) in [5.41, 5.74) is -1.25. The minimum Gasteiger partial charge on any atom is -0.378 e. The highest BCUT2D eigenvalue weighted by Crippen LogP contribution is 2.34. The third-order valence-electron chi connectivity index (χ3n) is 4.92. The van der Waals surface area contributed by atoms with Crippen LogP contribution in [-0.4, -0.2) is 50.4 Å². The largest absolute Gasteiger partial charge is 0.417 e. The van der Waals surface area contributed by atoms with Crippen LogP contribution in [0.3, 0.4) is 0 Å². The van der Waals surface area contributed by atoms with Gasteiger partial charge in [0.05, 0.1) is 42.6 Å². The Morgan fingerprint density at radius 1 is 1.23 bits per heavy atom. The van der Waals surface area contributed by atoms with Gasteiger partial charge in [-0.2, -0.15) is 23.1 Å². The van der Waals surface area contributed by atoms with Gasteiger partial charge in [0.2, 0.25) is 0 Å². The van der Waals surface area contributed by atoms with Gasteiger partial charge in [0.25, 0.3) is 0 Å². The first kappa shape index (κ1) is 16.9. The zero-order valence-corrected chi connectivity index (χ0v) is 13.6. The second-order valence-electron chi connectivity index (χ2n) is 6.44. The summed E-state index contributed by atoms with van der Waals surface area (Å²) in [6, 6.07) is 5.61. The Bertz CT molecular complexity index is 842. The maximum atomic E-state index is 13.2. The molecule has 2 aromatic rings. The molecule has 1 aromatic heterocycles. The van der Waals surface area contributed by atoms with Crippen molar-refractivity contribution in [1.82, 2.24) is 25.1 Å². The Balaban J connectivity index is 1.66. The number of nitriles is 1. The second kappa shape index (κ2) is 6.34. The zero-order valence-electron chi connectivity index (χ0n) is 13.6. The molecule has 10 heteroatoms. The first-order chi connectivity index (χ1) is 12.5. The van der Waals surface area contributed by atoms with E-state index in [9.17, 15) is 13.2 Å². The Morgan fingerprint density at radius 2 is 1.96 bits per heavy atom. The molecule has 0 unspecified atom stereocenters. The van der Waals surface area contributed by atoms with Crippen LogP contribution in [0.25, 0.3) is 5.69 Å². The molecule has 26 heavy (non-hydrogen) atoms. The van der Waals surface area contributed by atoms with E-state index in [4.69, 9.17) is 10.00 Å². The molecular formula is C16H15F3N6O. The first-order valence-corrected chi connectivity index (χ1v) is 8.20. The number of ether oxygens (including phenoxy) is 1. The maximum Gasteiger partial charge on any atom is 0.417 e. The molecule has 2 aliphatic heterocycles. The summed E-state index contributed by atoms with van der Waals surface area (Å²) < 4.78 is 46.5. The normalized spacial score (nSPS) is 23.2. The van der Waals surface area contributed by atoms with Crippen LogP contribution < -0.4 is 0 Å². The van der Waals surface area contributed by atoms with E-state index in [1.807, 2.05) is 0 Å². The van der Waals surface area contributed by atoms with Gasteiger partial charge in [-0.15, -0.1) is 5.10 Å². The van der Waals surface area contributed by atoms with Gasteiger partial charge in [-0.25, -0.2) is 0 Å². The summed E-state index contributed by atoms with van der Waals surface area (Å²) in [7, 11) is 0. The fraction of sp³-hybridized carbons (Fsp3) is 0.500. The number of fused-ring (bicyclic) bond motifs is 2. The lowest BCUT2D eigenvalue weighted by Gasteiger charge is -2.33. The van der Waals surface area contributed by atoms with E-state index in [1.165, 1.54) is 10.7 Å². The van der Waals surface area contributed by atoms with E-state index in [1.54, 1.807) is 6.07 Å². The number of hydrogen-bond donors (Lipinski definition) is 0. The molecule has 0 saturated carbocycles. The number of alkyl halides is 3. The summed E-state index contributed by atoms with van der Waals surface area (Å²) in [6.45, 7) is 1.73. The van der Waals surface area contributed by atoms with Gasteiger partial charge in [-0.3, -0.25) is 4.90 Å².